The molecule has 0 aliphatic carbocycles. The maximum absolute atomic E-state index is 12.8. The lowest BCUT2D eigenvalue weighted by Gasteiger charge is -2.38. The monoisotopic (exact) mass is 269 g/mol. The number of rotatable bonds is 2. The van der Waals surface area contributed by atoms with Gasteiger partial charge in [0, 0.05) is 11.1 Å². The van der Waals surface area contributed by atoms with Crippen molar-refractivity contribution in [2.45, 2.75) is 33.2 Å². The van der Waals surface area contributed by atoms with Crippen LogP contribution in [0.5, 0.6) is 0 Å². The smallest absolute Gasteiger partial charge is 0.262 e. The van der Waals surface area contributed by atoms with Gasteiger partial charge in [-0.3, -0.25) is 9.69 Å². The fourth-order valence-electron chi connectivity index (χ4n) is 3.16. The molecule has 0 bridgehead atoms. The van der Waals surface area contributed by atoms with Crippen LogP contribution in [0.1, 0.15) is 38.8 Å². The molecule has 2 aliphatic rings. The first-order chi connectivity index (χ1) is 9.47. The van der Waals surface area contributed by atoms with Gasteiger partial charge in [-0.2, -0.15) is 0 Å². The molecule has 0 atom stereocenters. The summed E-state index contributed by atoms with van der Waals surface area (Å²) >= 11 is 0. The molecule has 0 fully saturated rings. The van der Waals surface area contributed by atoms with Crippen LogP contribution in [-0.2, 0) is 9.53 Å². The van der Waals surface area contributed by atoms with Crippen molar-refractivity contribution >= 4 is 22.7 Å². The lowest BCUT2D eigenvalue weighted by molar-refractivity contribution is -0.113. The number of anilines is 1. The third kappa shape index (κ3) is 1.62. The Kier molecular flexibility index (Phi) is 2.75. The van der Waals surface area contributed by atoms with Gasteiger partial charge in [0.15, 0.2) is 0 Å². The average molecular weight is 269 g/mol. The molecule has 2 heterocycles. The minimum atomic E-state index is -0.313. The molecule has 0 aromatic heterocycles. The van der Waals surface area contributed by atoms with E-state index in [0.29, 0.717) is 12.2 Å². The minimum Gasteiger partial charge on any atom is -0.501 e. The summed E-state index contributed by atoms with van der Waals surface area (Å²) < 4.78 is 5.37. The van der Waals surface area contributed by atoms with Crippen molar-refractivity contribution in [2.75, 3.05) is 11.5 Å². The highest BCUT2D eigenvalue weighted by Gasteiger charge is 2.44. The van der Waals surface area contributed by atoms with Crippen molar-refractivity contribution in [1.29, 1.82) is 0 Å². The highest BCUT2D eigenvalue weighted by atomic mass is 16.5. The van der Waals surface area contributed by atoms with E-state index in [-0.39, 0.29) is 11.4 Å². The molecule has 0 saturated heterocycles. The Morgan fingerprint density at radius 2 is 2.00 bits per heavy atom. The van der Waals surface area contributed by atoms with Gasteiger partial charge in [-0.05, 0) is 33.3 Å². The lowest BCUT2D eigenvalue weighted by atomic mass is 9.89. The quantitative estimate of drug-likeness (QED) is 0.606. The summed E-state index contributed by atoms with van der Waals surface area (Å²) in [5.41, 5.74) is 4.69. The predicted molar refractivity (Wildman–Crippen MR) is 81.3 cm³/mol. The molecule has 20 heavy (non-hydrogen) atoms. The number of hydrogen-bond donors (Lipinski definition) is 0. The van der Waals surface area contributed by atoms with E-state index in [1.165, 1.54) is 5.57 Å². The molecule has 104 valence electrons. The van der Waals surface area contributed by atoms with E-state index >= 15 is 0 Å². The van der Waals surface area contributed by atoms with E-state index in [2.05, 4.69) is 32.9 Å². The summed E-state index contributed by atoms with van der Waals surface area (Å²) in [6.07, 6.45) is 3.75. The van der Waals surface area contributed by atoms with Crippen LogP contribution in [-0.4, -0.2) is 18.1 Å². The van der Waals surface area contributed by atoms with Gasteiger partial charge in [0.05, 0.1) is 29.7 Å². The Bertz CT molecular complexity index is 653. The molecule has 0 unspecified atom stereocenters. The third-order valence-corrected chi connectivity index (χ3v) is 3.92. The summed E-state index contributed by atoms with van der Waals surface area (Å²) in [4.78, 5) is 14.6. The highest BCUT2D eigenvalue weighted by molar-refractivity contribution is 6.34. The minimum absolute atomic E-state index is 0.0228. The molecular weight excluding hydrogens is 250 g/mol. The fourth-order valence-corrected chi connectivity index (χ4v) is 3.16. The second-order valence-electron chi connectivity index (χ2n) is 5.81. The Morgan fingerprint density at radius 3 is 2.70 bits per heavy atom. The Hall–Kier alpha value is -2.03. The molecule has 1 amide bonds. The molecule has 1 aromatic rings. The van der Waals surface area contributed by atoms with Gasteiger partial charge in [0.1, 0.15) is 0 Å². The molecule has 3 nitrogen and oxygen atoms in total. The zero-order valence-corrected chi connectivity index (χ0v) is 12.4. The average Bonchev–Trinajstić information content (AvgIpc) is 2.67. The molecule has 2 aliphatic heterocycles. The van der Waals surface area contributed by atoms with Gasteiger partial charge in [-0.15, -0.1) is 0 Å². The van der Waals surface area contributed by atoms with Crippen molar-refractivity contribution in [3.63, 3.8) is 0 Å². The van der Waals surface area contributed by atoms with E-state index in [4.69, 9.17) is 4.74 Å². The van der Waals surface area contributed by atoms with Crippen LogP contribution in [0.3, 0.4) is 0 Å². The van der Waals surface area contributed by atoms with Crippen LogP contribution in [0.2, 0.25) is 0 Å². The second kappa shape index (κ2) is 4.23. The van der Waals surface area contributed by atoms with Crippen LogP contribution >= 0.6 is 0 Å². The summed E-state index contributed by atoms with van der Waals surface area (Å²) in [6, 6.07) is 6.07. The number of nitrogens with zero attached hydrogens (tertiary/aromatic N) is 1. The molecule has 3 heteroatoms. The summed E-state index contributed by atoms with van der Waals surface area (Å²) in [5, 5.41) is 0. The van der Waals surface area contributed by atoms with E-state index in [1.807, 2.05) is 24.0 Å². The molecule has 3 rings (SSSR count). The number of benzene rings is 1. The predicted octanol–water partition coefficient (Wildman–Crippen LogP) is 3.61. The van der Waals surface area contributed by atoms with Gasteiger partial charge in [-0.1, -0.05) is 24.3 Å². The normalized spacial score (nSPS) is 21.0. The third-order valence-electron chi connectivity index (χ3n) is 3.92. The number of carbonyl (C=O) groups excluding carboxylic acids is 1. The lowest BCUT2D eigenvalue weighted by Crippen LogP contribution is -2.46. The van der Waals surface area contributed by atoms with Crippen LogP contribution in [0.25, 0.3) is 11.1 Å². The van der Waals surface area contributed by atoms with Crippen LogP contribution in [0.15, 0.2) is 30.5 Å². The van der Waals surface area contributed by atoms with Crippen molar-refractivity contribution < 1.29 is 9.53 Å². The van der Waals surface area contributed by atoms with Crippen molar-refractivity contribution in [1.82, 2.24) is 0 Å². The highest BCUT2D eigenvalue weighted by Crippen LogP contribution is 2.48. The Morgan fingerprint density at radius 1 is 1.30 bits per heavy atom. The summed E-state index contributed by atoms with van der Waals surface area (Å²) in [7, 11) is 0. The molecule has 0 N–H and O–H groups in total. The summed E-state index contributed by atoms with van der Waals surface area (Å²) in [6.45, 7) is 8.71. The Labute approximate surface area is 119 Å². The maximum atomic E-state index is 12.8. The number of allylic oxidation sites excluding steroid dienone is 1. The topological polar surface area (TPSA) is 29.5 Å². The number of para-hydroxylation sites is 1. The molecule has 0 saturated carbocycles. The molecule has 0 radical (unpaired) electrons. The van der Waals surface area contributed by atoms with Gasteiger partial charge in [0.25, 0.3) is 5.91 Å². The van der Waals surface area contributed by atoms with Crippen molar-refractivity contribution in [2.24, 2.45) is 0 Å². The zero-order valence-electron chi connectivity index (χ0n) is 12.4. The van der Waals surface area contributed by atoms with E-state index in [0.717, 1.165) is 16.8 Å². The second-order valence-corrected chi connectivity index (χ2v) is 5.81. The van der Waals surface area contributed by atoms with Crippen LogP contribution in [0, 0.1) is 0 Å². The Balaban J connectivity index is 2.27. The molecule has 1 aromatic carbocycles. The molecular formula is C17H19NO2. The number of carbonyl (C=O) groups is 1. The SMILES string of the molecule is CCO/C=C1\C(=O)N2c3c(cccc31)C(C)=CC2(C)C. The first-order valence-electron chi connectivity index (χ1n) is 6.97. The van der Waals surface area contributed by atoms with Gasteiger partial charge in [-0.25, -0.2) is 0 Å². The first-order valence-corrected chi connectivity index (χ1v) is 6.97. The number of ether oxygens (including phenoxy) is 1. The van der Waals surface area contributed by atoms with Gasteiger partial charge >= 0.3 is 0 Å². The number of amides is 1. The summed E-state index contributed by atoms with van der Waals surface area (Å²) in [5.74, 6) is 0.0228. The van der Waals surface area contributed by atoms with Gasteiger partial charge < -0.3 is 4.74 Å². The molecule has 0 spiro atoms. The van der Waals surface area contributed by atoms with Crippen molar-refractivity contribution in [3.05, 3.63) is 41.7 Å². The zero-order chi connectivity index (χ0) is 14.5. The maximum Gasteiger partial charge on any atom is 0.262 e. The number of hydrogen-bond acceptors (Lipinski definition) is 2. The van der Waals surface area contributed by atoms with E-state index in [9.17, 15) is 4.79 Å². The van der Waals surface area contributed by atoms with Crippen LogP contribution < -0.4 is 4.90 Å². The standard InChI is InChI=1S/C17H19NO2/c1-5-20-10-14-13-8-6-7-12-11(2)9-17(3,4)18(15(12)13)16(14)19/h6-10H,5H2,1-4H3/b14-10-. The largest absolute Gasteiger partial charge is 0.501 e. The van der Waals surface area contributed by atoms with E-state index < -0.39 is 0 Å². The van der Waals surface area contributed by atoms with Crippen molar-refractivity contribution in [3.8, 4) is 0 Å². The van der Waals surface area contributed by atoms with E-state index in [1.54, 1.807) is 6.26 Å². The van der Waals surface area contributed by atoms with Crippen LogP contribution in [0.4, 0.5) is 5.69 Å². The first kappa shape index (κ1) is 13.0. The van der Waals surface area contributed by atoms with Gasteiger partial charge in [0.2, 0.25) is 0 Å². The fraction of sp³-hybridized carbons (Fsp3) is 0.353.